The van der Waals surface area contributed by atoms with E-state index in [1.807, 2.05) is 36.4 Å². The van der Waals surface area contributed by atoms with Gasteiger partial charge in [-0.3, -0.25) is 0 Å². The average Bonchev–Trinajstić information content (AvgIpc) is 2.18. The van der Waals surface area contributed by atoms with Gasteiger partial charge in [0.1, 0.15) is 0 Å². The summed E-state index contributed by atoms with van der Waals surface area (Å²) in [5, 5.41) is 0. The number of benzene rings is 1. The molecule has 0 nitrogen and oxygen atoms in total. The minimum Gasteiger partial charge on any atom is -0.0776 e. The van der Waals surface area contributed by atoms with Crippen LogP contribution in [-0.2, 0) is 0 Å². The fourth-order valence-electron chi connectivity index (χ4n) is 0.385. The molecule has 0 aliphatic heterocycles. The fraction of sp³-hybridized carbons (Fsp3) is 0.667. The molecule has 0 heterocycles. The van der Waals surface area contributed by atoms with Gasteiger partial charge in [-0.15, -0.1) is 0 Å². The number of rotatable bonds is 0. The maximum absolute atomic E-state index is 2.24. The Morgan fingerprint density at radius 1 is 0.611 bits per heavy atom. The molecule has 0 spiro atoms. The van der Waals surface area contributed by atoms with Crippen LogP contribution in [0.25, 0.3) is 0 Å². The lowest BCUT2D eigenvalue weighted by atomic mass is 9.94. The molecule has 1 rings (SSSR count). The van der Waals surface area contributed by atoms with Crippen molar-refractivity contribution in [2.45, 2.75) is 69.2 Å². The molecule has 108 valence electrons. The lowest BCUT2D eigenvalue weighted by Crippen LogP contribution is -2.00. The third-order valence-corrected chi connectivity index (χ3v) is 1.73. The molecular weight excluding hydrogens is 216 g/mol. The quantitative estimate of drug-likeness (QED) is 0.475. The zero-order chi connectivity index (χ0) is 13.9. The first-order chi connectivity index (χ1) is 7.56. The summed E-state index contributed by atoms with van der Waals surface area (Å²) in [5.74, 6) is 0. The van der Waals surface area contributed by atoms with Gasteiger partial charge >= 0.3 is 0 Å². The third kappa shape index (κ3) is 45.5. The first-order valence-corrected chi connectivity index (χ1v) is 6.56. The van der Waals surface area contributed by atoms with E-state index in [1.165, 1.54) is 6.42 Å². The Morgan fingerprint density at radius 3 is 0.778 bits per heavy atom. The third-order valence-electron chi connectivity index (χ3n) is 1.73. The second-order valence-electron chi connectivity index (χ2n) is 7.07. The predicted molar refractivity (Wildman–Crippen MR) is 88.0 cm³/mol. The average molecular weight is 252 g/mol. The summed E-state index contributed by atoms with van der Waals surface area (Å²) in [4.78, 5) is 0. The van der Waals surface area contributed by atoms with E-state index in [4.69, 9.17) is 0 Å². The van der Waals surface area contributed by atoms with Crippen LogP contribution in [0.15, 0.2) is 36.4 Å². The molecule has 0 saturated heterocycles. The van der Waals surface area contributed by atoms with E-state index in [2.05, 4.69) is 55.4 Å². The highest BCUT2D eigenvalue weighted by Crippen LogP contribution is 2.16. The van der Waals surface area contributed by atoms with Gasteiger partial charge in [-0.1, -0.05) is 106 Å². The lowest BCUT2D eigenvalue weighted by Gasteiger charge is -2.12. The standard InChI is InChI=1S/C6H6.C6H14.C5H12.CH4/c1-2-4-6-5-3-1;1-5-6(2,3)4;1-5(2,3)4;/h1-6H;5H2,1-4H3;1-4H3;1H4. The van der Waals surface area contributed by atoms with Gasteiger partial charge in [0, 0.05) is 0 Å². The summed E-state index contributed by atoms with van der Waals surface area (Å²) in [6.45, 7) is 17.7. The van der Waals surface area contributed by atoms with Gasteiger partial charge in [-0.2, -0.15) is 0 Å². The molecule has 1 aromatic rings. The lowest BCUT2D eigenvalue weighted by molar-refractivity contribution is 0.398. The monoisotopic (exact) mass is 252 g/mol. The maximum atomic E-state index is 2.24. The van der Waals surface area contributed by atoms with E-state index in [0.717, 1.165) is 0 Å². The van der Waals surface area contributed by atoms with Gasteiger partial charge in [0.2, 0.25) is 0 Å². The van der Waals surface area contributed by atoms with E-state index < -0.39 is 0 Å². The van der Waals surface area contributed by atoms with Crippen LogP contribution in [0.1, 0.15) is 69.2 Å². The van der Waals surface area contributed by atoms with E-state index in [1.54, 1.807) is 0 Å². The Balaban J connectivity index is -0.000000184. The highest BCUT2D eigenvalue weighted by Gasteiger charge is 2.03. The Bertz CT molecular complexity index is 200. The molecule has 0 N–H and O–H groups in total. The summed E-state index contributed by atoms with van der Waals surface area (Å²) < 4.78 is 0. The minimum atomic E-state index is 0. The van der Waals surface area contributed by atoms with Crippen molar-refractivity contribution in [2.75, 3.05) is 0 Å². The summed E-state index contributed by atoms with van der Waals surface area (Å²) in [5.41, 5.74) is 1.04. The summed E-state index contributed by atoms with van der Waals surface area (Å²) in [6.07, 6.45) is 1.27. The zero-order valence-corrected chi connectivity index (χ0v) is 13.2. The van der Waals surface area contributed by atoms with Crippen molar-refractivity contribution in [1.82, 2.24) is 0 Å². The van der Waals surface area contributed by atoms with Gasteiger partial charge in [-0.25, -0.2) is 0 Å². The maximum Gasteiger partial charge on any atom is -0.0385 e. The molecule has 0 saturated carbocycles. The van der Waals surface area contributed by atoms with Gasteiger partial charge < -0.3 is 0 Å². The van der Waals surface area contributed by atoms with E-state index in [-0.39, 0.29) is 7.43 Å². The summed E-state index contributed by atoms with van der Waals surface area (Å²) >= 11 is 0. The van der Waals surface area contributed by atoms with Crippen molar-refractivity contribution in [3.05, 3.63) is 36.4 Å². The van der Waals surface area contributed by atoms with Crippen LogP contribution in [0.2, 0.25) is 0 Å². The molecule has 0 amide bonds. The first-order valence-electron chi connectivity index (χ1n) is 6.56. The van der Waals surface area contributed by atoms with Gasteiger partial charge in [0.25, 0.3) is 0 Å². The fourth-order valence-corrected chi connectivity index (χ4v) is 0.385. The summed E-state index contributed by atoms with van der Waals surface area (Å²) in [6, 6.07) is 12.0. The SMILES string of the molecule is C.CC(C)(C)C.CCC(C)(C)C.c1ccccc1. The van der Waals surface area contributed by atoms with Crippen molar-refractivity contribution >= 4 is 0 Å². The van der Waals surface area contributed by atoms with Crippen LogP contribution in [0.4, 0.5) is 0 Å². The van der Waals surface area contributed by atoms with Gasteiger partial charge in [0.05, 0.1) is 0 Å². The Hall–Kier alpha value is -0.780. The molecule has 0 fully saturated rings. The minimum absolute atomic E-state index is 0. The largest absolute Gasteiger partial charge is 0.0776 e. The molecule has 0 unspecified atom stereocenters. The van der Waals surface area contributed by atoms with Crippen LogP contribution in [0, 0.1) is 10.8 Å². The van der Waals surface area contributed by atoms with Gasteiger partial charge in [-0.05, 0) is 10.8 Å². The van der Waals surface area contributed by atoms with Crippen molar-refractivity contribution in [1.29, 1.82) is 0 Å². The molecule has 0 radical (unpaired) electrons. The Kier molecular flexibility index (Phi) is 14.1. The second-order valence-corrected chi connectivity index (χ2v) is 7.07. The van der Waals surface area contributed by atoms with Crippen LogP contribution in [0.5, 0.6) is 0 Å². The highest BCUT2D eigenvalue weighted by atomic mass is 14.1. The normalized spacial score (nSPS) is 10.0. The van der Waals surface area contributed by atoms with Crippen LogP contribution >= 0.6 is 0 Å². The molecule has 0 heteroatoms. The topological polar surface area (TPSA) is 0 Å². The second kappa shape index (κ2) is 11.3. The molecule has 0 aliphatic carbocycles. The zero-order valence-electron chi connectivity index (χ0n) is 13.2. The van der Waals surface area contributed by atoms with Gasteiger partial charge in [0.15, 0.2) is 0 Å². The predicted octanol–water partition coefficient (Wildman–Crippen LogP) is 6.82. The van der Waals surface area contributed by atoms with Crippen LogP contribution in [-0.4, -0.2) is 0 Å². The number of hydrogen-bond donors (Lipinski definition) is 0. The van der Waals surface area contributed by atoms with Crippen molar-refractivity contribution < 1.29 is 0 Å². The molecule has 1 aromatic carbocycles. The van der Waals surface area contributed by atoms with Crippen molar-refractivity contribution in [2.24, 2.45) is 10.8 Å². The highest BCUT2D eigenvalue weighted by molar-refractivity contribution is 4.99. The summed E-state index contributed by atoms with van der Waals surface area (Å²) in [7, 11) is 0. The molecule has 0 atom stereocenters. The molecule has 0 bridgehead atoms. The van der Waals surface area contributed by atoms with E-state index in [0.29, 0.717) is 10.8 Å². The van der Waals surface area contributed by atoms with Crippen molar-refractivity contribution in [3.8, 4) is 0 Å². The van der Waals surface area contributed by atoms with E-state index >= 15 is 0 Å². The first kappa shape index (κ1) is 22.4. The molecule has 18 heavy (non-hydrogen) atoms. The van der Waals surface area contributed by atoms with Crippen LogP contribution < -0.4 is 0 Å². The molecular formula is C18H36. The molecule has 0 aliphatic rings. The van der Waals surface area contributed by atoms with Crippen molar-refractivity contribution in [3.63, 3.8) is 0 Å². The Morgan fingerprint density at radius 2 is 0.722 bits per heavy atom. The number of hydrogen-bond acceptors (Lipinski definition) is 0. The smallest absolute Gasteiger partial charge is 0.0385 e. The Labute approximate surface area is 117 Å². The van der Waals surface area contributed by atoms with E-state index in [9.17, 15) is 0 Å². The van der Waals surface area contributed by atoms with Crippen LogP contribution in [0.3, 0.4) is 0 Å². The molecule has 0 aromatic heterocycles.